The van der Waals surface area contributed by atoms with Crippen molar-refractivity contribution in [1.82, 2.24) is 15.1 Å². The van der Waals surface area contributed by atoms with Crippen LogP contribution in [-0.2, 0) is 0 Å². The van der Waals surface area contributed by atoms with Gasteiger partial charge in [0, 0.05) is 12.0 Å². The molecule has 0 aliphatic heterocycles. The standard InChI is InChI=1S/C17H21N3O/c1-11(2)19-17(21)14-10-18-20(16(14)13-8-9-13)15-7-5-4-6-12(15)3/h4-7,10-11,13H,8-9H2,1-3H3,(H,19,21). The van der Waals surface area contributed by atoms with E-state index in [-0.39, 0.29) is 11.9 Å². The molecule has 0 unspecified atom stereocenters. The minimum Gasteiger partial charge on any atom is -0.350 e. The van der Waals surface area contributed by atoms with Crippen molar-refractivity contribution < 1.29 is 4.79 Å². The monoisotopic (exact) mass is 283 g/mol. The topological polar surface area (TPSA) is 46.9 Å². The Morgan fingerprint density at radius 2 is 2.05 bits per heavy atom. The normalized spacial score (nSPS) is 14.5. The summed E-state index contributed by atoms with van der Waals surface area (Å²) in [5.41, 5.74) is 4.00. The van der Waals surface area contributed by atoms with Crippen LogP contribution in [0.2, 0.25) is 0 Å². The van der Waals surface area contributed by atoms with Gasteiger partial charge in [-0.2, -0.15) is 5.10 Å². The highest BCUT2D eigenvalue weighted by Gasteiger charge is 2.33. The van der Waals surface area contributed by atoms with Crippen LogP contribution in [0, 0.1) is 6.92 Å². The second kappa shape index (κ2) is 5.35. The van der Waals surface area contributed by atoms with Gasteiger partial charge in [-0.05, 0) is 45.2 Å². The summed E-state index contributed by atoms with van der Waals surface area (Å²) in [5, 5.41) is 7.46. The smallest absolute Gasteiger partial charge is 0.254 e. The first-order valence-electron chi connectivity index (χ1n) is 7.52. The van der Waals surface area contributed by atoms with Gasteiger partial charge in [-0.3, -0.25) is 4.79 Å². The van der Waals surface area contributed by atoms with E-state index in [1.165, 1.54) is 5.56 Å². The maximum atomic E-state index is 12.4. The Hall–Kier alpha value is -2.10. The Balaban J connectivity index is 2.05. The lowest BCUT2D eigenvalue weighted by atomic mass is 10.1. The number of hydrogen-bond acceptors (Lipinski definition) is 2. The Morgan fingerprint density at radius 3 is 2.67 bits per heavy atom. The minimum atomic E-state index is -0.0215. The van der Waals surface area contributed by atoms with E-state index in [9.17, 15) is 4.79 Å². The number of aryl methyl sites for hydroxylation is 1. The van der Waals surface area contributed by atoms with Gasteiger partial charge in [0.25, 0.3) is 5.91 Å². The molecule has 1 saturated carbocycles. The molecule has 1 aliphatic carbocycles. The molecule has 110 valence electrons. The molecule has 1 heterocycles. The predicted molar refractivity (Wildman–Crippen MR) is 82.9 cm³/mol. The van der Waals surface area contributed by atoms with Crippen molar-refractivity contribution in [3.8, 4) is 5.69 Å². The average molecular weight is 283 g/mol. The number of hydrogen-bond donors (Lipinski definition) is 1. The molecule has 4 heteroatoms. The number of amides is 1. The summed E-state index contributed by atoms with van der Waals surface area (Å²) in [6.45, 7) is 6.02. The van der Waals surface area contributed by atoms with Gasteiger partial charge < -0.3 is 5.32 Å². The van der Waals surface area contributed by atoms with Gasteiger partial charge in [0.2, 0.25) is 0 Å². The molecule has 0 bridgehead atoms. The molecular weight excluding hydrogens is 262 g/mol. The summed E-state index contributed by atoms with van der Waals surface area (Å²) in [6, 6.07) is 8.28. The fraction of sp³-hybridized carbons (Fsp3) is 0.412. The molecule has 1 fully saturated rings. The number of nitrogens with one attached hydrogen (secondary N) is 1. The molecule has 3 rings (SSSR count). The molecule has 1 N–H and O–H groups in total. The number of carbonyl (C=O) groups excluding carboxylic acids is 1. The van der Waals surface area contributed by atoms with Gasteiger partial charge in [0.05, 0.1) is 23.1 Å². The Kier molecular flexibility index (Phi) is 3.53. The minimum absolute atomic E-state index is 0.0215. The van der Waals surface area contributed by atoms with Crippen molar-refractivity contribution in [1.29, 1.82) is 0 Å². The van der Waals surface area contributed by atoms with E-state index >= 15 is 0 Å². The van der Waals surface area contributed by atoms with Gasteiger partial charge in [0.1, 0.15) is 0 Å². The third-order valence-electron chi connectivity index (χ3n) is 3.78. The predicted octanol–water partition coefficient (Wildman–Crippen LogP) is 3.20. The molecular formula is C17H21N3O. The molecule has 1 aliphatic rings. The number of para-hydroxylation sites is 1. The van der Waals surface area contributed by atoms with Crippen LogP contribution >= 0.6 is 0 Å². The van der Waals surface area contributed by atoms with Crippen molar-refractivity contribution in [2.24, 2.45) is 0 Å². The van der Waals surface area contributed by atoms with Crippen LogP contribution < -0.4 is 5.32 Å². The number of aromatic nitrogens is 2. The second-order valence-electron chi connectivity index (χ2n) is 6.04. The first kappa shape index (κ1) is 13.9. The number of benzene rings is 1. The first-order valence-corrected chi connectivity index (χ1v) is 7.52. The second-order valence-corrected chi connectivity index (χ2v) is 6.04. The molecule has 0 saturated heterocycles. The summed E-state index contributed by atoms with van der Waals surface area (Å²) < 4.78 is 1.95. The summed E-state index contributed by atoms with van der Waals surface area (Å²) in [7, 11) is 0. The van der Waals surface area contributed by atoms with Crippen molar-refractivity contribution in [2.45, 2.75) is 45.6 Å². The van der Waals surface area contributed by atoms with Gasteiger partial charge >= 0.3 is 0 Å². The van der Waals surface area contributed by atoms with Gasteiger partial charge in [-0.15, -0.1) is 0 Å². The third kappa shape index (κ3) is 2.71. The van der Waals surface area contributed by atoms with Crippen LogP contribution in [0.3, 0.4) is 0 Å². The van der Waals surface area contributed by atoms with Crippen LogP contribution in [-0.4, -0.2) is 21.7 Å². The number of nitrogens with zero attached hydrogens (tertiary/aromatic N) is 2. The number of carbonyl (C=O) groups is 1. The van der Waals surface area contributed by atoms with E-state index in [0.29, 0.717) is 5.92 Å². The molecule has 21 heavy (non-hydrogen) atoms. The van der Waals surface area contributed by atoms with Gasteiger partial charge in [-0.25, -0.2) is 4.68 Å². The molecule has 2 aromatic rings. The SMILES string of the molecule is Cc1ccccc1-n1ncc(C(=O)NC(C)C)c1C1CC1. The number of rotatable bonds is 4. The van der Waals surface area contributed by atoms with E-state index in [1.807, 2.05) is 30.7 Å². The molecule has 0 spiro atoms. The first-order chi connectivity index (χ1) is 10.1. The molecule has 0 radical (unpaired) electrons. The summed E-state index contributed by atoms with van der Waals surface area (Å²) in [4.78, 5) is 12.4. The van der Waals surface area contributed by atoms with Gasteiger partial charge in [-0.1, -0.05) is 18.2 Å². The lowest BCUT2D eigenvalue weighted by molar-refractivity contribution is 0.0942. The van der Waals surface area contributed by atoms with Crippen molar-refractivity contribution >= 4 is 5.91 Å². The summed E-state index contributed by atoms with van der Waals surface area (Å²) in [5.74, 6) is 0.437. The van der Waals surface area contributed by atoms with Crippen LogP contribution in [0.15, 0.2) is 30.5 Å². The summed E-state index contributed by atoms with van der Waals surface area (Å²) in [6.07, 6.45) is 3.98. The Morgan fingerprint density at radius 1 is 1.33 bits per heavy atom. The summed E-state index contributed by atoms with van der Waals surface area (Å²) >= 11 is 0. The maximum absolute atomic E-state index is 12.4. The van der Waals surface area contributed by atoms with E-state index < -0.39 is 0 Å². The van der Waals surface area contributed by atoms with Crippen LogP contribution in [0.4, 0.5) is 0 Å². The average Bonchev–Trinajstić information content (AvgIpc) is 3.17. The van der Waals surface area contributed by atoms with E-state index in [1.54, 1.807) is 6.20 Å². The molecule has 1 aromatic heterocycles. The lowest BCUT2D eigenvalue weighted by Crippen LogP contribution is -2.30. The maximum Gasteiger partial charge on any atom is 0.254 e. The third-order valence-corrected chi connectivity index (χ3v) is 3.78. The van der Waals surface area contributed by atoms with E-state index in [4.69, 9.17) is 0 Å². The quantitative estimate of drug-likeness (QED) is 0.936. The van der Waals surface area contributed by atoms with Crippen molar-refractivity contribution in [2.75, 3.05) is 0 Å². The van der Waals surface area contributed by atoms with E-state index in [2.05, 4.69) is 29.5 Å². The largest absolute Gasteiger partial charge is 0.350 e. The molecule has 4 nitrogen and oxygen atoms in total. The highest BCUT2D eigenvalue weighted by molar-refractivity contribution is 5.95. The van der Waals surface area contributed by atoms with Crippen LogP contribution in [0.25, 0.3) is 5.69 Å². The zero-order valence-electron chi connectivity index (χ0n) is 12.8. The van der Waals surface area contributed by atoms with Crippen molar-refractivity contribution in [3.05, 3.63) is 47.3 Å². The lowest BCUT2D eigenvalue weighted by Gasteiger charge is -2.12. The zero-order chi connectivity index (χ0) is 15.0. The Labute approximate surface area is 125 Å². The zero-order valence-corrected chi connectivity index (χ0v) is 12.8. The highest BCUT2D eigenvalue weighted by Crippen LogP contribution is 2.42. The fourth-order valence-electron chi connectivity index (χ4n) is 2.62. The molecule has 0 atom stereocenters. The van der Waals surface area contributed by atoms with Gasteiger partial charge in [0.15, 0.2) is 0 Å². The molecule has 1 aromatic carbocycles. The fourth-order valence-corrected chi connectivity index (χ4v) is 2.62. The van der Waals surface area contributed by atoms with Crippen LogP contribution in [0.1, 0.15) is 54.2 Å². The van der Waals surface area contributed by atoms with Crippen molar-refractivity contribution in [3.63, 3.8) is 0 Å². The Bertz CT molecular complexity index is 668. The highest BCUT2D eigenvalue weighted by atomic mass is 16.1. The van der Waals surface area contributed by atoms with Crippen LogP contribution in [0.5, 0.6) is 0 Å². The van der Waals surface area contributed by atoms with E-state index in [0.717, 1.165) is 29.8 Å². The molecule has 1 amide bonds.